The summed E-state index contributed by atoms with van der Waals surface area (Å²) in [5.41, 5.74) is 2.55. The Balaban J connectivity index is 2.16. The number of carboxylic acid groups (broad SMARTS) is 1. The number of hydrogen-bond acceptors (Lipinski definition) is 6. The molecule has 0 unspecified atom stereocenters. The molecule has 0 aliphatic heterocycles. The van der Waals surface area contributed by atoms with Crippen LogP contribution < -0.4 is 4.72 Å². The molecular weight excluding hydrogens is 304 g/mol. The van der Waals surface area contributed by atoms with Gasteiger partial charge in [0.15, 0.2) is 5.69 Å². The normalized spacial score (nSPS) is 10.4. The van der Waals surface area contributed by atoms with E-state index >= 15 is 0 Å². The average molecular weight is 318 g/mol. The molecule has 114 valence electrons. The van der Waals surface area contributed by atoms with Gasteiger partial charge in [-0.25, -0.2) is 9.71 Å². The van der Waals surface area contributed by atoms with Crippen LogP contribution >= 0.6 is 11.9 Å². The van der Waals surface area contributed by atoms with Gasteiger partial charge < -0.3 is 10.2 Å². The van der Waals surface area contributed by atoms with E-state index in [0.717, 1.165) is 11.1 Å². The molecule has 6 nitrogen and oxygen atoms in total. The Kier molecular flexibility index (Phi) is 5.13. The maximum atomic E-state index is 11.8. The molecule has 0 bridgehead atoms. The lowest BCUT2D eigenvalue weighted by Crippen LogP contribution is -2.18. The predicted octanol–water partition coefficient (Wildman–Crippen LogP) is 2.23. The van der Waals surface area contributed by atoms with Gasteiger partial charge in [0.05, 0.1) is 0 Å². The molecular formula is C15H14N2O4S. The summed E-state index contributed by atoms with van der Waals surface area (Å²) in [6, 6.07) is 9.15. The topological polar surface area (TPSA) is 99.5 Å². The highest BCUT2D eigenvalue weighted by Crippen LogP contribution is 2.26. The third-order valence-corrected chi connectivity index (χ3v) is 3.47. The number of nitrogens with one attached hydrogen (secondary N) is 1. The molecule has 0 spiro atoms. The number of aryl methyl sites for hydroxylation is 1. The summed E-state index contributed by atoms with van der Waals surface area (Å²) >= 11 is 0.584. The van der Waals surface area contributed by atoms with E-state index in [1.807, 2.05) is 31.2 Å². The van der Waals surface area contributed by atoms with Crippen LogP contribution in [0.25, 0.3) is 11.1 Å². The maximum Gasteiger partial charge on any atom is 0.318 e. The van der Waals surface area contributed by atoms with E-state index in [-0.39, 0.29) is 18.0 Å². The van der Waals surface area contributed by atoms with Crippen molar-refractivity contribution in [1.82, 2.24) is 9.71 Å². The first-order chi connectivity index (χ1) is 10.5. The minimum Gasteiger partial charge on any atom is -0.505 e. The fraction of sp³-hybridized carbons (Fsp3) is 0.133. The van der Waals surface area contributed by atoms with Crippen LogP contribution in [0.3, 0.4) is 0 Å². The second kappa shape index (κ2) is 7.06. The fourth-order valence-corrected chi connectivity index (χ4v) is 2.39. The number of benzene rings is 1. The second-order valence-electron chi connectivity index (χ2n) is 4.57. The number of aromatic hydroxyl groups is 1. The van der Waals surface area contributed by atoms with Gasteiger partial charge in [0, 0.05) is 23.7 Å². The summed E-state index contributed by atoms with van der Waals surface area (Å²) in [5, 5.41) is 17.9. The number of pyridine rings is 1. The van der Waals surface area contributed by atoms with E-state index in [2.05, 4.69) is 9.71 Å². The molecule has 0 saturated heterocycles. The second-order valence-corrected chi connectivity index (χ2v) is 5.43. The van der Waals surface area contributed by atoms with Gasteiger partial charge in [-0.3, -0.25) is 9.59 Å². The molecule has 2 aromatic rings. The van der Waals surface area contributed by atoms with Crippen molar-refractivity contribution in [2.45, 2.75) is 6.92 Å². The smallest absolute Gasteiger partial charge is 0.318 e. The van der Waals surface area contributed by atoms with E-state index < -0.39 is 11.1 Å². The van der Waals surface area contributed by atoms with Gasteiger partial charge in [0.1, 0.15) is 12.3 Å². The molecule has 0 radical (unpaired) electrons. The quantitative estimate of drug-likeness (QED) is 0.727. The summed E-state index contributed by atoms with van der Waals surface area (Å²) in [6.45, 7) is 1.60. The lowest BCUT2D eigenvalue weighted by Gasteiger charge is -2.06. The van der Waals surface area contributed by atoms with E-state index in [9.17, 15) is 14.7 Å². The summed E-state index contributed by atoms with van der Waals surface area (Å²) in [4.78, 5) is 26.2. The Morgan fingerprint density at radius 1 is 1.27 bits per heavy atom. The molecule has 1 aromatic carbocycles. The molecule has 0 aliphatic carbocycles. The molecule has 0 amide bonds. The monoisotopic (exact) mass is 318 g/mol. The van der Waals surface area contributed by atoms with Gasteiger partial charge in [0.2, 0.25) is 0 Å². The van der Waals surface area contributed by atoms with Crippen molar-refractivity contribution in [3.63, 3.8) is 0 Å². The van der Waals surface area contributed by atoms with E-state index in [1.165, 1.54) is 12.3 Å². The highest BCUT2D eigenvalue weighted by molar-refractivity contribution is 8.12. The van der Waals surface area contributed by atoms with Crippen LogP contribution in [0, 0.1) is 6.92 Å². The van der Waals surface area contributed by atoms with Crippen LogP contribution in [-0.2, 0) is 4.79 Å². The van der Waals surface area contributed by atoms with Gasteiger partial charge in [-0.05, 0) is 18.6 Å². The Morgan fingerprint density at radius 2 is 2.05 bits per heavy atom. The molecule has 0 fully saturated rings. The van der Waals surface area contributed by atoms with E-state index in [1.54, 1.807) is 0 Å². The Bertz CT molecular complexity index is 718. The largest absolute Gasteiger partial charge is 0.505 e. The first-order valence-corrected chi connectivity index (χ1v) is 7.21. The first-order valence-electron chi connectivity index (χ1n) is 6.39. The zero-order valence-corrected chi connectivity index (χ0v) is 12.6. The van der Waals surface area contributed by atoms with E-state index in [4.69, 9.17) is 5.11 Å². The number of rotatable bonds is 5. The molecule has 0 saturated carbocycles. The van der Waals surface area contributed by atoms with Crippen LogP contribution in [0.4, 0.5) is 0 Å². The predicted molar refractivity (Wildman–Crippen MR) is 83.6 cm³/mol. The van der Waals surface area contributed by atoms with Crippen LogP contribution in [-0.4, -0.2) is 32.8 Å². The van der Waals surface area contributed by atoms with Gasteiger partial charge >= 0.3 is 5.97 Å². The van der Waals surface area contributed by atoms with Crippen molar-refractivity contribution in [1.29, 1.82) is 0 Å². The van der Waals surface area contributed by atoms with Crippen molar-refractivity contribution in [2.75, 3.05) is 6.54 Å². The van der Waals surface area contributed by atoms with Crippen molar-refractivity contribution in [3.05, 3.63) is 47.8 Å². The number of hydrogen-bond donors (Lipinski definition) is 3. The van der Waals surface area contributed by atoms with Crippen molar-refractivity contribution in [3.8, 4) is 16.9 Å². The Hall–Kier alpha value is -2.38. The third kappa shape index (κ3) is 4.06. The minimum absolute atomic E-state index is 0.112. The van der Waals surface area contributed by atoms with Gasteiger partial charge in [-0.1, -0.05) is 29.8 Å². The molecule has 1 aromatic heterocycles. The molecule has 0 aliphatic rings. The zero-order chi connectivity index (χ0) is 16.1. The number of nitrogens with zero attached hydrogens (tertiary/aromatic N) is 1. The Labute approximate surface area is 131 Å². The lowest BCUT2D eigenvalue weighted by molar-refractivity contribution is -0.135. The molecule has 0 atom stereocenters. The first kappa shape index (κ1) is 16.0. The average Bonchev–Trinajstić information content (AvgIpc) is 2.46. The van der Waals surface area contributed by atoms with Gasteiger partial charge in [-0.15, -0.1) is 0 Å². The van der Waals surface area contributed by atoms with Crippen LogP contribution in [0.5, 0.6) is 5.75 Å². The summed E-state index contributed by atoms with van der Waals surface area (Å²) < 4.78 is 2.38. The molecule has 2 rings (SSSR count). The number of carboxylic acids is 1. The lowest BCUT2D eigenvalue weighted by atomic mass is 10.0. The number of carbonyl (C=O) groups is 2. The number of aromatic nitrogens is 1. The van der Waals surface area contributed by atoms with Gasteiger partial charge in [0.25, 0.3) is 5.12 Å². The fourth-order valence-electron chi connectivity index (χ4n) is 1.80. The van der Waals surface area contributed by atoms with Crippen molar-refractivity contribution in [2.24, 2.45) is 0 Å². The Morgan fingerprint density at radius 3 is 2.68 bits per heavy atom. The number of aliphatic carboxylic acids is 1. The SMILES string of the molecule is Cc1cccc(-c2cnc(C(=O)SNCC(=O)O)c(O)c2)c1. The highest BCUT2D eigenvalue weighted by Gasteiger charge is 2.15. The third-order valence-electron chi connectivity index (χ3n) is 2.80. The molecule has 7 heteroatoms. The summed E-state index contributed by atoms with van der Waals surface area (Å²) in [7, 11) is 0. The van der Waals surface area contributed by atoms with Crippen LogP contribution in [0.2, 0.25) is 0 Å². The summed E-state index contributed by atoms with van der Waals surface area (Å²) in [5.74, 6) is -1.32. The van der Waals surface area contributed by atoms with E-state index in [0.29, 0.717) is 17.5 Å². The van der Waals surface area contributed by atoms with Crippen LogP contribution in [0.15, 0.2) is 36.5 Å². The van der Waals surface area contributed by atoms with Gasteiger partial charge in [-0.2, -0.15) is 0 Å². The summed E-state index contributed by atoms with van der Waals surface area (Å²) in [6.07, 6.45) is 1.50. The maximum absolute atomic E-state index is 11.8. The molecule has 22 heavy (non-hydrogen) atoms. The standard InChI is InChI=1S/C15H14N2O4S/c1-9-3-2-4-10(5-9)11-6-12(18)14(16-7-11)15(21)22-17-8-13(19)20/h2-7,17-18H,8H2,1H3,(H,19,20). The number of carbonyl (C=O) groups excluding carboxylic acids is 1. The van der Waals surface area contributed by atoms with Crippen molar-refractivity contribution >= 4 is 23.0 Å². The van der Waals surface area contributed by atoms with Crippen LogP contribution in [0.1, 0.15) is 16.1 Å². The minimum atomic E-state index is -1.08. The molecule has 3 N–H and O–H groups in total. The zero-order valence-electron chi connectivity index (χ0n) is 11.7. The highest BCUT2D eigenvalue weighted by atomic mass is 32.2. The van der Waals surface area contributed by atoms with Crippen molar-refractivity contribution < 1.29 is 19.8 Å². The molecule has 1 heterocycles.